The lowest BCUT2D eigenvalue weighted by molar-refractivity contribution is -0.0442. The van der Waals surface area contributed by atoms with Gasteiger partial charge in [0.2, 0.25) is 11.9 Å². The van der Waals surface area contributed by atoms with E-state index < -0.39 is 6.29 Å². The van der Waals surface area contributed by atoms with Crippen molar-refractivity contribution in [2.75, 3.05) is 23.8 Å². The molecule has 10 nitrogen and oxygen atoms in total. The third-order valence-electron chi connectivity index (χ3n) is 5.18. The van der Waals surface area contributed by atoms with Crippen molar-refractivity contribution in [3.63, 3.8) is 0 Å². The molecule has 33 heavy (non-hydrogen) atoms. The summed E-state index contributed by atoms with van der Waals surface area (Å²) in [4.78, 5) is 26.4. The standard InChI is InChI=1S/C22H23N7O3S/c1-3-29-12-16-19(28-29)27-18(11-23-16)25-13(2)14-5-4-6-15(9-14)26-20(30)17-10-24-21(33-17)22-31-7-8-32-22/h4-6,9-13,22H,3,7-8H2,1-2H3,(H,26,30)(H,25,27,28)/t13-/m0/s1. The first-order chi connectivity index (χ1) is 16.1. The van der Waals surface area contributed by atoms with Gasteiger partial charge in [-0.05, 0) is 31.5 Å². The van der Waals surface area contributed by atoms with E-state index in [2.05, 4.69) is 30.7 Å². The zero-order valence-electron chi connectivity index (χ0n) is 18.2. The molecular formula is C22H23N7O3S. The number of amides is 1. The average molecular weight is 466 g/mol. The second kappa shape index (κ2) is 9.22. The Bertz CT molecular complexity index is 1280. The van der Waals surface area contributed by atoms with Crippen LogP contribution in [0.1, 0.15) is 46.4 Å². The van der Waals surface area contributed by atoms with Gasteiger partial charge in [-0.1, -0.05) is 12.1 Å². The fourth-order valence-electron chi connectivity index (χ4n) is 3.46. The number of thiazole rings is 1. The zero-order chi connectivity index (χ0) is 22.8. The molecule has 1 atom stereocenters. The van der Waals surface area contributed by atoms with Crippen LogP contribution in [0.15, 0.2) is 42.9 Å². The lowest BCUT2D eigenvalue weighted by atomic mass is 10.1. The van der Waals surface area contributed by atoms with Gasteiger partial charge < -0.3 is 20.1 Å². The van der Waals surface area contributed by atoms with E-state index in [-0.39, 0.29) is 11.9 Å². The number of anilines is 2. The average Bonchev–Trinajstić information content (AvgIpc) is 3.59. The summed E-state index contributed by atoms with van der Waals surface area (Å²) >= 11 is 1.27. The molecule has 2 N–H and O–H groups in total. The van der Waals surface area contributed by atoms with Crippen LogP contribution in [0.25, 0.3) is 11.2 Å². The second-order valence-electron chi connectivity index (χ2n) is 7.53. The molecule has 1 amide bonds. The van der Waals surface area contributed by atoms with Crippen LogP contribution in [-0.4, -0.2) is 43.9 Å². The van der Waals surface area contributed by atoms with Crippen LogP contribution in [0.4, 0.5) is 11.5 Å². The quantitative estimate of drug-likeness (QED) is 0.424. The number of hydrogen-bond donors (Lipinski definition) is 2. The van der Waals surface area contributed by atoms with Crippen LogP contribution in [0.2, 0.25) is 0 Å². The minimum atomic E-state index is -0.482. The Labute approximate surface area is 194 Å². The molecule has 3 aromatic heterocycles. The topological polar surface area (TPSA) is 116 Å². The van der Waals surface area contributed by atoms with Gasteiger partial charge in [0.25, 0.3) is 5.91 Å². The number of carbonyl (C=O) groups is 1. The van der Waals surface area contributed by atoms with E-state index in [1.165, 1.54) is 11.3 Å². The molecule has 11 heteroatoms. The minimum Gasteiger partial charge on any atom is -0.362 e. The number of nitrogens with one attached hydrogen (secondary N) is 2. The Hall–Kier alpha value is -3.41. The molecule has 0 saturated carbocycles. The Kier molecular flexibility index (Phi) is 5.99. The summed E-state index contributed by atoms with van der Waals surface area (Å²) in [6, 6.07) is 7.61. The smallest absolute Gasteiger partial charge is 0.267 e. The maximum Gasteiger partial charge on any atom is 0.267 e. The highest BCUT2D eigenvalue weighted by molar-refractivity contribution is 7.13. The molecule has 1 aliphatic heterocycles. The molecule has 1 fully saturated rings. The van der Waals surface area contributed by atoms with Crippen LogP contribution >= 0.6 is 11.3 Å². The number of nitrogens with zero attached hydrogens (tertiary/aromatic N) is 5. The fourth-order valence-corrected chi connectivity index (χ4v) is 4.27. The summed E-state index contributed by atoms with van der Waals surface area (Å²) in [5.74, 6) is 0.414. The first-order valence-electron chi connectivity index (χ1n) is 10.7. The maximum absolute atomic E-state index is 12.7. The predicted octanol–water partition coefficient (Wildman–Crippen LogP) is 3.77. The number of hydrogen-bond acceptors (Lipinski definition) is 9. The lowest BCUT2D eigenvalue weighted by Crippen LogP contribution is -2.12. The highest BCUT2D eigenvalue weighted by Gasteiger charge is 2.23. The number of aromatic nitrogens is 5. The second-order valence-corrected chi connectivity index (χ2v) is 8.59. The number of benzene rings is 1. The normalized spacial score (nSPS) is 15.1. The highest BCUT2D eigenvalue weighted by atomic mass is 32.1. The van der Waals surface area contributed by atoms with Crippen molar-refractivity contribution in [2.24, 2.45) is 0 Å². The van der Waals surface area contributed by atoms with Gasteiger partial charge in [-0.3, -0.25) is 9.48 Å². The van der Waals surface area contributed by atoms with Crippen LogP contribution in [0.3, 0.4) is 0 Å². The molecule has 0 aliphatic carbocycles. The SMILES string of the molecule is CCn1cc2ncc(N[C@@H](C)c3cccc(NC(=O)c4cnc(C5OCCO5)s4)c3)nc2n1. The number of rotatable bonds is 7. The van der Waals surface area contributed by atoms with Crippen LogP contribution in [0, 0.1) is 0 Å². The largest absolute Gasteiger partial charge is 0.362 e. The summed E-state index contributed by atoms with van der Waals surface area (Å²) < 4.78 is 12.7. The fraction of sp³-hybridized carbons (Fsp3) is 0.318. The van der Waals surface area contributed by atoms with Crippen molar-refractivity contribution in [3.05, 3.63) is 58.3 Å². The molecule has 0 radical (unpaired) electrons. The zero-order valence-corrected chi connectivity index (χ0v) is 19.0. The van der Waals surface area contributed by atoms with Gasteiger partial charge in [-0.2, -0.15) is 5.10 Å². The molecule has 4 heterocycles. The first kappa shape index (κ1) is 21.4. The molecule has 1 aliphatic rings. The van der Waals surface area contributed by atoms with E-state index in [4.69, 9.17) is 9.47 Å². The first-order valence-corrected chi connectivity index (χ1v) is 11.5. The van der Waals surface area contributed by atoms with Crippen LogP contribution in [0.5, 0.6) is 0 Å². The lowest BCUT2D eigenvalue weighted by Gasteiger charge is -2.16. The molecule has 170 valence electrons. The Morgan fingerprint density at radius 1 is 1.27 bits per heavy atom. The van der Waals surface area contributed by atoms with E-state index >= 15 is 0 Å². The summed E-state index contributed by atoms with van der Waals surface area (Å²) in [6.07, 6.45) is 4.64. The summed E-state index contributed by atoms with van der Waals surface area (Å²) in [5, 5.41) is 11.3. The molecule has 4 aromatic rings. The Balaban J connectivity index is 1.26. The van der Waals surface area contributed by atoms with Gasteiger partial charge in [0.1, 0.15) is 21.2 Å². The van der Waals surface area contributed by atoms with E-state index in [1.807, 2.05) is 49.0 Å². The predicted molar refractivity (Wildman–Crippen MR) is 124 cm³/mol. The van der Waals surface area contributed by atoms with Crippen molar-refractivity contribution < 1.29 is 14.3 Å². The monoisotopic (exact) mass is 465 g/mol. The number of ether oxygens (including phenoxy) is 2. The third kappa shape index (κ3) is 4.70. The molecular weight excluding hydrogens is 442 g/mol. The number of aryl methyl sites for hydroxylation is 1. The summed E-state index contributed by atoms with van der Waals surface area (Å²) in [5.41, 5.74) is 3.05. The third-order valence-corrected chi connectivity index (χ3v) is 6.20. The van der Waals surface area contributed by atoms with Crippen molar-refractivity contribution in [1.29, 1.82) is 0 Å². The van der Waals surface area contributed by atoms with Crippen LogP contribution in [-0.2, 0) is 16.0 Å². The van der Waals surface area contributed by atoms with Gasteiger partial charge in [0, 0.05) is 12.2 Å². The van der Waals surface area contributed by atoms with Gasteiger partial charge in [0.05, 0.1) is 37.8 Å². The van der Waals surface area contributed by atoms with Gasteiger partial charge >= 0.3 is 0 Å². The summed E-state index contributed by atoms with van der Waals surface area (Å²) in [7, 11) is 0. The van der Waals surface area contributed by atoms with Gasteiger partial charge in [-0.25, -0.2) is 15.0 Å². The van der Waals surface area contributed by atoms with Gasteiger partial charge in [-0.15, -0.1) is 11.3 Å². The summed E-state index contributed by atoms with van der Waals surface area (Å²) in [6.45, 7) is 5.87. The molecule has 0 spiro atoms. The van der Waals surface area contributed by atoms with Gasteiger partial charge in [0.15, 0.2) is 0 Å². The molecule has 1 saturated heterocycles. The van der Waals surface area contributed by atoms with Crippen molar-refractivity contribution in [1.82, 2.24) is 24.7 Å². The van der Waals surface area contributed by atoms with E-state index in [0.29, 0.717) is 40.3 Å². The van der Waals surface area contributed by atoms with E-state index in [9.17, 15) is 4.79 Å². The maximum atomic E-state index is 12.7. The Morgan fingerprint density at radius 2 is 2.12 bits per heavy atom. The van der Waals surface area contributed by atoms with Crippen molar-refractivity contribution in [2.45, 2.75) is 32.7 Å². The Morgan fingerprint density at radius 3 is 2.94 bits per heavy atom. The highest BCUT2D eigenvalue weighted by Crippen LogP contribution is 2.28. The van der Waals surface area contributed by atoms with E-state index in [0.717, 1.165) is 17.6 Å². The minimum absolute atomic E-state index is 0.0615. The van der Waals surface area contributed by atoms with Crippen LogP contribution < -0.4 is 10.6 Å². The van der Waals surface area contributed by atoms with Crippen molar-refractivity contribution in [3.8, 4) is 0 Å². The molecule has 0 unspecified atom stereocenters. The molecule has 1 aromatic carbocycles. The van der Waals surface area contributed by atoms with E-state index in [1.54, 1.807) is 12.4 Å². The number of carbonyl (C=O) groups excluding carboxylic acids is 1. The molecule has 0 bridgehead atoms. The van der Waals surface area contributed by atoms with Crippen molar-refractivity contribution >= 4 is 39.9 Å². The number of fused-ring (bicyclic) bond motifs is 1. The molecule has 5 rings (SSSR count).